The predicted octanol–water partition coefficient (Wildman–Crippen LogP) is -0.507. The van der Waals surface area contributed by atoms with Crippen LogP contribution in [0.2, 0.25) is 0 Å². The molecule has 0 bridgehead atoms. The van der Waals surface area contributed by atoms with Crippen molar-refractivity contribution in [2.24, 2.45) is 5.73 Å². The third-order valence-corrected chi connectivity index (χ3v) is 1.67. The van der Waals surface area contributed by atoms with Crippen LogP contribution in [0.25, 0.3) is 0 Å². The van der Waals surface area contributed by atoms with E-state index in [4.69, 9.17) is 16.2 Å². The fourth-order valence-electron chi connectivity index (χ4n) is 1.04. The summed E-state index contributed by atoms with van der Waals surface area (Å²) in [5, 5.41) is 2.74. The standard InChI is InChI=1S/C9H15N5O2/c1-2-16-5-9-13-6(10)3-8(14-9)12-4-7(11)15/h3H,2,4-5H2,1H3,(H2,11,15)(H3,10,12,13,14). The van der Waals surface area contributed by atoms with Crippen LogP contribution in [-0.2, 0) is 16.1 Å². The summed E-state index contributed by atoms with van der Waals surface area (Å²) in [4.78, 5) is 18.7. The molecular formula is C9H15N5O2. The Kier molecular flexibility index (Phi) is 4.46. The van der Waals surface area contributed by atoms with Gasteiger partial charge < -0.3 is 21.5 Å². The number of carbonyl (C=O) groups excluding carboxylic acids is 1. The van der Waals surface area contributed by atoms with Crippen LogP contribution < -0.4 is 16.8 Å². The van der Waals surface area contributed by atoms with E-state index >= 15 is 0 Å². The fraction of sp³-hybridized carbons (Fsp3) is 0.444. The number of primary amides is 1. The molecule has 0 aliphatic rings. The molecule has 0 unspecified atom stereocenters. The Morgan fingerprint density at radius 3 is 2.94 bits per heavy atom. The number of hydrogen-bond acceptors (Lipinski definition) is 6. The van der Waals surface area contributed by atoms with Crippen LogP contribution >= 0.6 is 0 Å². The highest BCUT2D eigenvalue weighted by Crippen LogP contribution is 2.08. The third kappa shape index (κ3) is 4.09. The van der Waals surface area contributed by atoms with Gasteiger partial charge in [-0.15, -0.1) is 0 Å². The number of hydrogen-bond donors (Lipinski definition) is 3. The summed E-state index contributed by atoms with van der Waals surface area (Å²) in [6.45, 7) is 2.73. The van der Waals surface area contributed by atoms with Gasteiger partial charge in [-0.3, -0.25) is 4.79 Å². The lowest BCUT2D eigenvalue weighted by atomic mass is 10.4. The van der Waals surface area contributed by atoms with Crippen molar-refractivity contribution in [3.8, 4) is 0 Å². The quantitative estimate of drug-likeness (QED) is 0.600. The Bertz CT molecular complexity index is 369. The second-order valence-corrected chi connectivity index (χ2v) is 3.05. The Balaban J connectivity index is 2.69. The van der Waals surface area contributed by atoms with Crippen LogP contribution in [0.4, 0.5) is 11.6 Å². The molecular weight excluding hydrogens is 210 g/mol. The van der Waals surface area contributed by atoms with Crippen LogP contribution in [0.1, 0.15) is 12.7 Å². The summed E-state index contributed by atoms with van der Waals surface area (Å²) in [5.41, 5.74) is 10.6. The maximum atomic E-state index is 10.6. The summed E-state index contributed by atoms with van der Waals surface area (Å²) < 4.78 is 5.16. The summed E-state index contributed by atoms with van der Waals surface area (Å²) in [6, 6.07) is 1.53. The molecule has 0 aliphatic carbocycles. The van der Waals surface area contributed by atoms with Crippen molar-refractivity contribution in [3.05, 3.63) is 11.9 Å². The predicted molar refractivity (Wildman–Crippen MR) is 59.5 cm³/mol. The average Bonchev–Trinajstić information content (AvgIpc) is 2.23. The molecule has 0 saturated heterocycles. The van der Waals surface area contributed by atoms with Crippen LogP contribution in [0, 0.1) is 0 Å². The van der Waals surface area contributed by atoms with Gasteiger partial charge in [-0.1, -0.05) is 0 Å². The zero-order chi connectivity index (χ0) is 12.0. The van der Waals surface area contributed by atoms with Gasteiger partial charge in [0.05, 0.1) is 6.54 Å². The summed E-state index contributed by atoms with van der Waals surface area (Å²) in [7, 11) is 0. The maximum Gasteiger partial charge on any atom is 0.236 e. The zero-order valence-electron chi connectivity index (χ0n) is 9.06. The highest BCUT2D eigenvalue weighted by molar-refractivity contribution is 5.78. The second kappa shape index (κ2) is 5.86. The van der Waals surface area contributed by atoms with Crippen molar-refractivity contribution < 1.29 is 9.53 Å². The molecule has 0 aliphatic heterocycles. The number of nitrogens with one attached hydrogen (secondary N) is 1. The molecule has 5 N–H and O–H groups in total. The number of nitrogens with two attached hydrogens (primary N) is 2. The number of ether oxygens (including phenoxy) is 1. The number of anilines is 2. The number of aromatic nitrogens is 2. The van der Waals surface area contributed by atoms with Gasteiger partial charge in [0.25, 0.3) is 0 Å². The zero-order valence-corrected chi connectivity index (χ0v) is 9.06. The monoisotopic (exact) mass is 225 g/mol. The molecule has 1 aromatic rings. The molecule has 0 aromatic carbocycles. The van der Waals surface area contributed by atoms with Crippen molar-refractivity contribution in [2.45, 2.75) is 13.5 Å². The largest absolute Gasteiger partial charge is 0.384 e. The molecule has 0 atom stereocenters. The lowest BCUT2D eigenvalue weighted by Gasteiger charge is -2.06. The molecule has 16 heavy (non-hydrogen) atoms. The van der Waals surface area contributed by atoms with E-state index in [0.29, 0.717) is 24.1 Å². The Morgan fingerprint density at radius 1 is 1.56 bits per heavy atom. The molecule has 0 radical (unpaired) electrons. The highest BCUT2D eigenvalue weighted by Gasteiger charge is 2.03. The second-order valence-electron chi connectivity index (χ2n) is 3.05. The first-order chi connectivity index (χ1) is 7.61. The summed E-state index contributed by atoms with van der Waals surface area (Å²) in [5.74, 6) is 0.773. The molecule has 1 heterocycles. The Hall–Kier alpha value is -1.89. The van der Waals surface area contributed by atoms with E-state index < -0.39 is 5.91 Å². The van der Waals surface area contributed by atoms with Crippen molar-refractivity contribution in [2.75, 3.05) is 24.2 Å². The summed E-state index contributed by atoms with van der Waals surface area (Å²) in [6.07, 6.45) is 0. The molecule has 1 aromatic heterocycles. The molecule has 1 amide bonds. The lowest BCUT2D eigenvalue weighted by Crippen LogP contribution is -2.22. The minimum Gasteiger partial charge on any atom is -0.384 e. The van der Waals surface area contributed by atoms with Gasteiger partial charge in [-0.25, -0.2) is 9.97 Å². The summed E-state index contributed by atoms with van der Waals surface area (Å²) >= 11 is 0. The van der Waals surface area contributed by atoms with Gasteiger partial charge in [0, 0.05) is 12.7 Å². The Morgan fingerprint density at radius 2 is 2.31 bits per heavy atom. The van der Waals surface area contributed by atoms with Crippen molar-refractivity contribution >= 4 is 17.5 Å². The van der Waals surface area contributed by atoms with Gasteiger partial charge in [0.1, 0.15) is 18.2 Å². The van der Waals surface area contributed by atoms with E-state index in [1.54, 1.807) is 0 Å². The van der Waals surface area contributed by atoms with Crippen LogP contribution in [-0.4, -0.2) is 29.0 Å². The topological polar surface area (TPSA) is 116 Å². The van der Waals surface area contributed by atoms with E-state index in [9.17, 15) is 4.79 Å². The Labute approximate surface area is 93.2 Å². The average molecular weight is 225 g/mol. The minimum atomic E-state index is -0.469. The molecule has 0 fully saturated rings. The lowest BCUT2D eigenvalue weighted by molar-refractivity contribution is -0.116. The van der Waals surface area contributed by atoms with Crippen molar-refractivity contribution in [3.63, 3.8) is 0 Å². The minimum absolute atomic E-state index is 0.00449. The first-order valence-electron chi connectivity index (χ1n) is 4.85. The molecule has 7 heteroatoms. The first kappa shape index (κ1) is 12.2. The maximum absolute atomic E-state index is 10.6. The van der Waals surface area contributed by atoms with Crippen LogP contribution in [0.5, 0.6) is 0 Å². The third-order valence-electron chi connectivity index (χ3n) is 1.67. The van der Waals surface area contributed by atoms with Gasteiger partial charge in [-0.05, 0) is 6.92 Å². The number of rotatable bonds is 6. The van der Waals surface area contributed by atoms with E-state index in [1.807, 2.05) is 6.92 Å². The number of nitrogens with zero attached hydrogens (tertiary/aromatic N) is 2. The van der Waals surface area contributed by atoms with E-state index in [0.717, 1.165) is 0 Å². The molecule has 1 rings (SSSR count). The fourth-order valence-corrected chi connectivity index (χ4v) is 1.04. The molecule has 7 nitrogen and oxygen atoms in total. The van der Waals surface area contributed by atoms with E-state index in [-0.39, 0.29) is 13.2 Å². The van der Waals surface area contributed by atoms with Gasteiger partial charge >= 0.3 is 0 Å². The van der Waals surface area contributed by atoms with Gasteiger partial charge in [0.2, 0.25) is 5.91 Å². The first-order valence-corrected chi connectivity index (χ1v) is 4.85. The molecule has 0 spiro atoms. The van der Waals surface area contributed by atoms with Crippen molar-refractivity contribution in [1.29, 1.82) is 0 Å². The number of nitrogen functional groups attached to an aromatic ring is 1. The normalized spacial score (nSPS) is 10.1. The SMILES string of the molecule is CCOCc1nc(N)cc(NCC(N)=O)n1. The van der Waals surface area contributed by atoms with Crippen LogP contribution in [0.15, 0.2) is 6.07 Å². The van der Waals surface area contributed by atoms with E-state index in [1.165, 1.54) is 6.07 Å². The van der Waals surface area contributed by atoms with E-state index in [2.05, 4.69) is 15.3 Å². The highest BCUT2D eigenvalue weighted by atomic mass is 16.5. The molecule has 88 valence electrons. The van der Waals surface area contributed by atoms with Crippen LogP contribution in [0.3, 0.4) is 0 Å². The molecule has 0 saturated carbocycles. The number of amides is 1. The van der Waals surface area contributed by atoms with Crippen molar-refractivity contribution in [1.82, 2.24) is 9.97 Å². The number of carbonyl (C=O) groups is 1. The van der Waals surface area contributed by atoms with Gasteiger partial charge in [0.15, 0.2) is 5.82 Å². The van der Waals surface area contributed by atoms with Gasteiger partial charge in [-0.2, -0.15) is 0 Å². The smallest absolute Gasteiger partial charge is 0.236 e.